The topological polar surface area (TPSA) is 81.5 Å². The minimum atomic E-state index is -0.961. The number of aromatic carboxylic acids is 1. The molecule has 3 rings (SSSR count). The maximum absolute atomic E-state index is 11.3. The standard InChI is InChI=1S/C14H18N2O4/c1-19-14(4-6-20-7-5-14)13-15-8-10(12(17)18)11(16-13)9-2-3-9/h8-9H,2-7H2,1H3,(H,17,18). The van der Waals surface area contributed by atoms with Crippen molar-refractivity contribution in [3.63, 3.8) is 0 Å². The molecule has 1 saturated carbocycles. The van der Waals surface area contributed by atoms with Crippen molar-refractivity contribution in [1.82, 2.24) is 9.97 Å². The summed E-state index contributed by atoms with van der Waals surface area (Å²) in [4.78, 5) is 20.1. The predicted molar refractivity (Wildman–Crippen MR) is 69.7 cm³/mol. The van der Waals surface area contributed by atoms with Crippen molar-refractivity contribution in [2.75, 3.05) is 20.3 Å². The molecule has 1 aromatic heterocycles. The summed E-state index contributed by atoms with van der Waals surface area (Å²) < 4.78 is 11.0. The summed E-state index contributed by atoms with van der Waals surface area (Å²) in [5, 5.41) is 9.23. The first-order valence-electron chi connectivity index (χ1n) is 6.90. The third-order valence-corrected chi connectivity index (χ3v) is 4.11. The Morgan fingerprint density at radius 2 is 2.15 bits per heavy atom. The smallest absolute Gasteiger partial charge is 0.339 e. The molecule has 20 heavy (non-hydrogen) atoms. The predicted octanol–water partition coefficient (Wildman–Crippen LogP) is 1.70. The molecule has 2 fully saturated rings. The Morgan fingerprint density at radius 1 is 1.45 bits per heavy atom. The lowest BCUT2D eigenvalue weighted by Crippen LogP contribution is -2.37. The zero-order valence-electron chi connectivity index (χ0n) is 11.5. The van der Waals surface area contributed by atoms with E-state index in [2.05, 4.69) is 9.97 Å². The van der Waals surface area contributed by atoms with Gasteiger partial charge in [-0.25, -0.2) is 14.8 Å². The number of ether oxygens (including phenoxy) is 2. The molecule has 1 N–H and O–H groups in total. The molecule has 108 valence electrons. The van der Waals surface area contributed by atoms with Crippen molar-refractivity contribution >= 4 is 5.97 Å². The second-order valence-corrected chi connectivity index (χ2v) is 5.38. The van der Waals surface area contributed by atoms with E-state index >= 15 is 0 Å². The summed E-state index contributed by atoms with van der Waals surface area (Å²) in [5.74, 6) is -0.108. The maximum Gasteiger partial charge on any atom is 0.339 e. The van der Waals surface area contributed by atoms with Gasteiger partial charge in [0.2, 0.25) is 0 Å². The molecule has 1 aliphatic carbocycles. The van der Waals surface area contributed by atoms with Crippen LogP contribution in [0.3, 0.4) is 0 Å². The minimum absolute atomic E-state index is 0.217. The third kappa shape index (κ3) is 2.29. The first-order chi connectivity index (χ1) is 9.66. The number of carboxylic acid groups (broad SMARTS) is 1. The molecule has 0 atom stereocenters. The van der Waals surface area contributed by atoms with Crippen LogP contribution in [0.15, 0.2) is 6.20 Å². The summed E-state index contributed by atoms with van der Waals surface area (Å²) >= 11 is 0. The number of aromatic nitrogens is 2. The Labute approximate surface area is 117 Å². The highest BCUT2D eigenvalue weighted by molar-refractivity contribution is 5.88. The van der Waals surface area contributed by atoms with Gasteiger partial charge in [0, 0.05) is 45.3 Å². The lowest BCUT2D eigenvalue weighted by Gasteiger charge is -2.34. The molecule has 0 bridgehead atoms. The second-order valence-electron chi connectivity index (χ2n) is 5.38. The van der Waals surface area contributed by atoms with E-state index in [1.54, 1.807) is 7.11 Å². The Hall–Kier alpha value is -1.53. The average Bonchev–Trinajstić information content (AvgIpc) is 3.32. The summed E-state index contributed by atoms with van der Waals surface area (Å²) in [7, 11) is 1.65. The van der Waals surface area contributed by atoms with E-state index in [0.717, 1.165) is 12.8 Å². The summed E-state index contributed by atoms with van der Waals surface area (Å²) in [6.45, 7) is 1.22. The number of hydrogen-bond donors (Lipinski definition) is 1. The second kappa shape index (κ2) is 5.10. The molecule has 2 aliphatic rings. The lowest BCUT2D eigenvalue weighted by molar-refractivity contribution is -0.100. The summed E-state index contributed by atoms with van der Waals surface area (Å²) in [5.41, 5.74) is 0.332. The van der Waals surface area contributed by atoms with Gasteiger partial charge in [-0.3, -0.25) is 0 Å². The number of hydrogen-bond acceptors (Lipinski definition) is 5. The number of rotatable bonds is 4. The molecule has 0 radical (unpaired) electrons. The highest BCUT2D eigenvalue weighted by atomic mass is 16.5. The molecule has 0 aromatic carbocycles. The molecule has 6 nitrogen and oxygen atoms in total. The molecule has 0 spiro atoms. The van der Waals surface area contributed by atoms with Gasteiger partial charge in [0.1, 0.15) is 5.60 Å². The number of carbonyl (C=O) groups is 1. The SMILES string of the molecule is COC1(c2ncc(C(=O)O)c(C3CC3)n2)CCOCC1. The van der Waals surface area contributed by atoms with E-state index < -0.39 is 11.6 Å². The van der Waals surface area contributed by atoms with Gasteiger partial charge in [0.25, 0.3) is 0 Å². The monoisotopic (exact) mass is 278 g/mol. The quantitative estimate of drug-likeness (QED) is 0.902. The van der Waals surface area contributed by atoms with Crippen molar-refractivity contribution in [3.05, 3.63) is 23.3 Å². The Balaban J connectivity index is 2.01. The van der Waals surface area contributed by atoms with Crippen molar-refractivity contribution in [1.29, 1.82) is 0 Å². The van der Waals surface area contributed by atoms with Crippen molar-refractivity contribution in [2.24, 2.45) is 0 Å². The van der Waals surface area contributed by atoms with E-state index in [0.29, 0.717) is 37.6 Å². The van der Waals surface area contributed by atoms with Gasteiger partial charge in [0.05, 0.1) is 11.3 Å². The molecule has 1 saturated heterocycles. The Bertz CT molecular complexity index is 522. The van der Waals surface area contributed by atoms with E-state index in [1.165, 1.54) is 6.20 Å². The molecule has 1 aromatic rings. The third-order valence-electron chi connectivity index (χ3n) is 4.11. The van der Waals surface area contributed by atoms with Crippen LogP contribution >= 0.6 is 0 Å². The van der Waals surface area contributed by atoms with Gasteiger partial charge >= 0.3 is 5.97 Å². The Morgan fingerprint density at radius 3 is 2.70 bits per heavy atom. The van der Waals surface area contributed by atoms with Crippen LogP contribution in [0.5, 0.6) is 0 Å². The van der Waals surface area contributed by atoms with Gasteiger partial charge < -0.3 is 14.6 Å². The van der Waals surface area contributed by atoms with Crippen LogP contribution in [0.1, 0.15) is 53.5 Å². The fourth-order valence-corrected chi connectivity index (χ4v) is 2.67. The van der Waals surface area contributed by atoms with Gasteiger partial charge in [0.15, 0.2) is 5.82 Å². The molecular formula is C14H18N2O4. The zero-order valence-corrected chi connectivity index (χ0v) is 11.5. The zero-order chi connectivity index (χ0) is 14.2. The molecule has 0 unspecified atom stereocenters. The van der Waals surface area contributed by atoms with Crippen LogP contribution in [-0.2, 0) is 15.1 Å². The van der Waals surface area contributed by atoms with E-state index in [9.17, 15) is 9.90 Å². The highest BCUT2D eigenvalue weighted by Gasteiger charge is 2.39. The van der Waals surface area contributed by atoms with Gasteiger partial charge in [-0.05, 0) is 12.8 Å². The van der Waals surface area contributed by atoms with Crippen molar-refractivity contribution in [3.8, 4) is 0 Å². The van der Waals surface area contributed by atoms with Crippen LogP contribution < -0.4 is 0 Å². The molecule has 6 heteroatoms. The molecule has 2 heterocycles. The van der Waals surface area contributed by atoms with Crippen LogP contribution in [0.4, 0.5) is 0 Å². The largest absolute Gasteiger partial charge is 0.478 e. The van der Waals surface area contributed by atoms with Crippen LogP contribution in [0.2, 0.25) is 0 Å². The molecule has 1 aliphatic heterocycles. The first kappa shape index (κ1) is 13.5. The van der Waals surface area contributed by atoms with Gasteiger partial charge in [-0.1, -0.05) is 0 Å². The van der Waals surface area contributed by atoms with Crippen molar-refractivity contribution < 1.29 is 19.4 Å². The lowest BCUT2D eigenvalue weighted by atomic mass is 9.92. The average molecular weight is 278 g/mol. The van der Waals surface area contributed by atoms with Gasteiger partial charge in [-0.2, -0.15) is 0 Å². The number of nitrogens with zero attached hydrogens (tertiary/aromatic N) is 2. The summed E-state index contributed by atoms with van der Waals surface area (Å²) in [6, 6.07) is 0. The Kier molecular flexibility index (Phi) is 3.43. The fraction of sp³-hybridized carbons (Fsp3) is 0.643. The van der Waals surface area contributed by atoms with E-state index in [-0.39, 0.29) is 11.5 Å². The first-order valence-corrected chi connectivity index (χ1v) is 6.90. The van der Waals surface area contributed by atoms with Gasteiger partial charge in [-0.15, -0.1) is 0 Å². The highest BCUT2D eigenvalue weighted by Crippen LogP contribution is 2.42. The normalized spacial score (nSPS) is 21.6. The number of methoxy groups -OCH3 is 1. The van der Waals surface area contributed by atoms with Crippen LogP contribution in [0.25, 0.3) is 0 Å². The van der Waals surface area contributed by atoms with E-state index in [4.69, 9.17) is 9.47 Å². The number of carboxylic acids is 1. The molecule has 0 amide bonds. The molecular weight excluding hydrogens is 260 g/mol. The van der Waals surface area contributed by atoms with E-state index in [1.807, 2.05) is 0 Å². The van der Waals surface area contributed by atoms with Crippen molar-refractivity contribution in [2.45, 2.75) is 37.2 Å². The fourth-order valence-electron chi connectivity index (χ4n) is 2.67. The summed E-state index contributed by atoms with van der Waals surface area (Å²) in [6.07, 6.45) is 4.81. The minimum Gasteiger partial charge on any atom is -0.478 e. The maximum atomic E-state index is 11.3. The van der Waals surface area contributed by atoms with Crippen LogP contribution in [0, 0.1) is 0 Å². The van der Waals surface area contributed by atoms with Crippen LogP contribution in [-0.4, -0.2) is 41.4 Å².